The Bertz CT molecular complexity index is 1240. The Balaban J connectivity index is 1.85. The Hall–Kier alpha value is -2.50. The zero-order chi connectivity index (χ0) is 22.3. The summed E-state index contributed by atoms with van der Waals surface area (Å²) in [6.45, 7) is 4.26. The van der Waals surface area contributed by atoms with Crippen LogP contribution in [0.15, 0.2) is 51.9 Å². The molecule has 32 heavy (non-hydrogen) atoms. The lowest BCUT2D eigenvalue weighted by molar-refractivity contribution is 0.319. The first-order chi connectivity index (χ1) is 15.7. The van der Waals surface area contributed by atoms with Crippen molar-refractivity contribution in [2.24, 2.45) is 4.99 Å². The molecule has 4 rings (SSSR count). The second-order valence-electron chi connectivity index (χ2n) is 7.59. The molecule has 2 aliphatic rings. The van der Waals surface area contributed by atoms with Gasteiger partial charge in [0.2, 0.25) is 0 Å². The number of aromatic nitrogens is 1. The lowest BCUT2D eigenvalue weighted by Gasteiger charge is -2.13. The Kier molecular flexibility index (Phi) is 7.72. The van der Waals surface area contributed by atoms with Crippen molar-refractivity contribution in [3.05, 3.63) is 47.8 Å². The van der Waals surface area contributed by atoms with Crippen LogP contribution in [0.3, 0.4) is 0 Å². The number of nitrogens with one attached hydrogen (secondary N) is 1. The molecule has 7 heteroatoms. The maximum atomic E-state index is 6.31. The Morgan fingerprint density at radius 1 is 1.03 bits per heavy atom. The molecular formula is C25H27Cl2N3O2. The zero-order valence-electron chi connectivity index (χ0n) is 18.2. The van der Waals surface area contributed by atoms with Crippen LogP contribution < -0.4 is 15.4 Å². The molecule has 2 aromatic rings. The van der Waals surface area contributed by atoms with E-state index in [-0.39, 0.29) is 0 Å². The van der Waals surface area contributed by atoms with E-state index in [0.717, 1.165) is 76.7 Å². The van der Waals surface area contributed by atoms with Gasteiger partial charge in [0, 0.05) is 53.4 Å². The zero-order valence-corrected chi connectivity index (χ0v) is 19.7. The second kappa shape index (κ2) is 10.9. The first-order valence-corrected chi connectivity index (χ1v) is 12.1. The van der Waals surface area contributed by atoms with Crippen LogP contribution >= 0.6 is 23.2 Å². The van der Waals surface area contributed by atoms with E-state index in [0.29, 0.717) is 24.1 Å². The van der Waals surface area contributed by atoms with Crippen molar-refractivity contribution in [1.29, 1.82) is 0 Å². The van der Waals surface area contributed by atoms with Crippen LogP contribution in [0.4, 0.5) is 5.69 Å². The summed E-state index contributed by atoms with van der Waals surface area (Å²) in [6, 6.07) is 14.0. The second-order valence-corrected chi connectivity index (χ2v) is 8.34. The first-order valence-electron chi connectivity index (χ1n) is 11.0. The van der Waals surface area contributed by atoms with Gasteiger partial charge in [-0.05, 0) is 49.6 Å². The molecule has 0 atom stereocenters. The van der Waals surface area contributed by atoms with E-state index in [2.05, 4.69) is 18.3 Å². The standard InChI is InChI=1S/C25H27Cl2N3O2/c1-2-11-29-22-16-24-25(20-15-18(6-7-19(20)22)31-13-4-10-27)30-21-8-5-17(14-23(21)32-24)28-12-3-9-26/h5-8,14-16,28H,2-4,9-13H2,1H3. The topological polar surface area (TPSA) is 59.7 Å². The van der Waals surface area contributed by atoms with Gasteiger partial charge in [-0.15, -0.1) is 23.2 Å². The number of nitrogens with zero attached hydrogens (tertiary/aromatic N) is 2. The molecule has 0 saturated carbocycles. The number of hydrogen-bond donors (Lipinski definition) is 1. The third-order valence-electron chi connectivity index (χ3n) is 5.13. The van der Waals surface area contributed by atoms with Crippen LogP contribution in [0.25, 0.3) is 33.3 Å². The summed E-state index contributed by atoms with van der Waals surface area (Å²) in [6.07, 6.45) is 2.67. The van der Waals surface area contributed by atoms with Crippen molar-refractivity contribution < 1.29 is 9.15 Å². The van der Waals surface area contributed by atoms with E-state index < -0.39 is 0 Å². The maximum Gasteiger partial charge on any atom is 0.155 e. The molecule has 1 aliphatic heterocycles. The molecular weight excluding hydrogens is 445 g/mol. The molecule has 0 amide bonds. The summed E-state index contributed by atoms with van der Waals surface area (Å²) in [7, 11) is 0. The molecule has 0 unspecified atom stereocenters. The van der Waals surface area contributed by atoms with E-state index in [1.807, 2.05) is 36.4 Å². The summed E-state index contributed by atoms with van der Waals surface area (Å²) >= 11 is 11.6. The first kappa shape index (κ1) is 22.7. The van der Waals surface area contributed by atoms with E-state index >= 15 is 0 Å². The monoisotopic (exact) mass is 471 g/mol. The Labute approximate surface area is 197 Å². The molecule has 0 saturated heterocycles. The van der Waals surface area contributed by atoms with Gasteiger partial charge in [0.25, 0.3) is 0 Å². The highest BCUT2D eigenvalue weighted by Crippen LogP contribution is 2.33. The molecule has 1 N–H and O–H groups in total. The SMILES string of the molecule is CCCN=c1cc2oc3cc(NCCCCl)ccc3nc-2c2cc(OCCCCl)ccc12. The van der Waals surface area contributed by atoms with Crippen molar-refractivity contribution in [2.45, 2.75) is 26.2 Å². The van der Waals surface area contributed by atoms with Gasteiger partial charge in [-0.3, -0.25) is 4.99 Å². The summed E-state index contributed by atoms with van der Waals surface area (Å²) in [5.41, 5.74) is 3.31. The van der Waals surface area contributed by atoms with Gasteiger partial charge in [-0.2, -0.15) is 0 Å². The molecule has 0 aromatic heterocycles. The van der Waals surface area contributed by atoms with E-state index in [1.165, 1.54) is 0 Å². The predicted molar refractivity (Wildman–Crippen MR) is 134 cm³/mol. The van der Waals surface area contributed by atoms with E-state index in [1.54, 1.807) is 0 Å². The molecule has 1 aliphatic carbocycles. The fourth-order valence-corrected chi connectivity index (χ4v) is 3.82. The molecule has 168 valence electrons. The fourth-order valence-electron chi connectivity index (χ4n) is 3.57. The quantitative estimate of drug-likeness (QED) is 0.125. The van der Waals surface area contributed by atoms with Gasteiger partial charge in [0.1, 0.15) is 17.0 Å². The summed E-state index contributed by atoms with van der Waals surface area (Å²) in [4.78, 5) is 9.73. The number of anilines is 1. The van der Waals surface area contributed by atoms with Crippen molar-refractivity contribution in [3.8, 4) is 17.2 Å². The van der Waals surface area contributed by atoms with Crippen molar-refractivity contribution in [1.82, 2.24) is 4.98 Å². The largest absolute Gasteiger partial charge is 0.494 e. The lowest BCUT2D eigenvalue weighted by atomic mass is 10.0. The Morgan fingerprint density at radius 2 is 1.91 bits per heavy atom. The number of halogens is 2. The van der Waals surface area contributed by atoms with Crippen molar-refractivity contribution >= 4 is 50.8 Å². The maximum absolute atomic E-state index is 6.31. The van der Waals surface area contributed by atoms with Crippen LogP contribution in [0.5, 0.6) is 5.75 Å². The van der Waals surface area contributed by atoms with E-state index in [4.69, 9.17) is 42.3 Å². The number of fused-ring (bicyclic) bond motifs is 4. The normalized spacial score (nSPS) is 12.2. The number of ether oxygens (including phenoxy) is 1. The highest BCUT2D eigenvalue weighted by Gasteiger charge is 2.16. The van der Waals surface area contributed by atoms with Crippen LogP contribution in [-0.4, -0.2) is 36.4 Å². The van der Waals surface area contributed by atoms with E-state index in [9.17, 15) is 0 Å². The molecule has 2 aromatic carbocycles. The fraction of sp³-hybridized carbons (Fsp3) is 0.360. The molecule has 0 fully saturated rings. The van der Waals surface area contributed by atoms with Crippen LogP contribution in [0.2, 0.25) is 0 Å². The molecule has 0 spiro atoms. The minimum absolute atomic E-state index is 0.575. The molecule has 0 radical (unpaired) electrons. The van der Waals surface area contributed by atoms with Gasteiger partial charge in [0.15, 0.2) is 11.3 Å². The summed E-state index contributed by atoms with van der Waals surface area (Å²) < 4.78 is 12.2. The molecule has 0 bridgehead atoms. The predicted octanol–water partition coefficient (Wildman–Crippen LogP) is 6.45. The minimum Gasteiger partial charge on any atom is -0.494 e. The third-order valence-corrected chi connectivity index (χ3v) is 5.66. The van der Waals surface area contributed by atoms with Gasteiger partial charge >= 0.3 is 0 Å². The van der Waals surface area contributed by atoms with Gasteiger partial charge < -0.3 is 14.5 Å². The molecule has 5 nitrogen and oxygen atoms in total. The van der Waals surface area contributed by atoms with Crippen LogP contribution in [0, 0.1) is 0 Å². The Morgan fingerprint density at radius 3 is 2.72 bits per heavy atom. The number of rotatable bonds is 10. The van der Waals surface area contributed by atoms with Crippen molar-refractivity contribution in [3.63, 3.8) is 0 Å². The summed E-state index contributed by atoms with van der Waals surface area (Å²) in [5.74, 6) is 2.70. The average Bonchev–Trinajstić information content (AvgIpc) is 2.81. The lowest BCUT2D eigenvalue weighted by Crippen LogP contribution is -2.08. The van der Waals surface area contributed by atoms with Gasteiger partial charge in [0.05, 0.1) is 12.0 Å². The number of hydrogen-bond acceptors (Lipinski definition) is 5. The minimum atomic E-state index is 0.575. The van der Waals surface area contributed by atoms with Crippen LogP contribution in [-0.2, 0) is 0 Å². The molecule has 1 heterocycles. The number of alkyl halides is 2. The highest BCUT2D eigenvalue weighted by molar-refractivity contribution is 6.18. The van der Waals surface area contributed by atoms with Gasteiger partial charge in [-0.1, -0.05) is 6.92 Å². The van der Waals surface area contributed by atoms with Gasteiger partial charge in [-0.25, -0.2) is 4.98 Å². The summed E-state index contributed by atoms with van der Waals surface area (Å²) in [5, 5.41) is 6.28. The number of benzene rings is 3. The van der Waals surface area contributed by atoms with Crippen LogP contribution in [0.1, 0.15) is 26.2 Å². The average molecular weight is 472 g/mol. The highest BCUT2D eigenvalue weighted by atomic mass is 35.5. The van der Waals surface area contributed by atoms with Crippen molar-refractivity contribution in [2.75, 3.05) is 36.8 Å². The smallest absolute Gasteiger partial charge is 0.155 e. The third kappa shape index (κ3) is 5.11.